The van der Waals surface area contributed by atoms with Gasteiger partial charge in [0.05, 0.1) is 12.1 Å². The van der Waals surface area contributed by atoms with Crippen LogP contribution in [0.15, 0.2) is 48.2 Å². The van der Waals surface area contributed by atoms with Crippen LogP contribution in [0.1, 0.15) is 37.5 Å². The molecule has 31 heavy (non-hydrogen) atoms. The molecule has 0 bridgehead atoms. The summed E-state index contributed by atoms with van der Waals surface area (Å²) in [5.74, 6) is -0.954. The predicted octanol–water partition coefficient (Wildman–Crippen LogP) is 5.20. The maximum absolute atomic E-state index is 14.9. The summed E-state index contributed by atoms with van der Waals surface area (Å²) in [6.45, 7) is 6.22. The normalized spacial score (nSPS) is 18.9. The van der Waals surface area contributed by atoms with Crippen LogP contribution in [0.25, 0.3) is 11.6 Å². The Morgan fingerprint density at radius 1 is 1.16 bits per heavy atom. The van der Waals surface area contributed by atoms with Gasteiger partial charge in [0.15, 0.2) is 0 Å². The lowest BCUT2D eigenvalue weighted by Gasteiger charge is -2.40. The van der Waals surface area contributed by atoms with Crippen LogP contribution in [-0.2, 0) is 11.3 Å². The van der Waals surface area contributed by atoms with Crippen LogP contribution in [-0.4, -0.2) is 29.4 Å². The van der Waals surface area contributed by atoms with Crippen LogP contribution >= 0.6 is 11.6 Å². The second-order valence-electron chi connectivity index (χ2n) is 8.44. The minimum absolute atomic E-state index is 0.0453. The predicted molar refractivity (Wildman–Crippen MR) is 121 cm³/mol. The highest BCUT2D eigenvalue weighted by Gasteiger charge is 2.34. The van der Waals surface area contributed by atoms with Crippen molar-refractivity contribution < 1.29 is 14.0 Å². The second-order valence-corrected chi connectivity index (χ2v) is 8.87. The highest BCUT2D eigenvalue weighted by molar-refractivity contribution is 6.30. The Kier molecular flexibility index (Phi) is 5.13. The number of anilines is 1. The molecule has 160 valence electrons. The first-order valence-corrected chi connectivity index (χ1v) is 10.3. The second kappa shape index (κ2) is 7.54. The Balaban J connectivity index is 1.65. The molecular weight excluding hydrogens is 417 g/mol. The van der Waals surface area contributed by atoms with Gasteiger partial charge in [-0.05, 0) is 62.2 Å². The number of carbonyl (C=O) groups is 2. The molecule has 0 saturated carbocycles. The molecule has 2 aliphatic rings. The van der Waals surface area contributed by atoms with Crippen LogP contribution in [0.4, 0.5) is 14.9 Å². The summed E-state index contributed by atoms with van der Waals surface area (Å²) >= 11 is 5.89. The van der Waals surface area contributed by atoms with Crippen molar-refractivity contribution >= 4 is 40.9 Å². The molecule has 0 aliphatic carbocycles. The number of imide groups is 1. The number of halogens is 2. The zero-order valence-electron chi connectivity index (χ0n) is 17.8. The van der Waals surface area contributed by atoms with Gasteiger partial charge in [0, 0.05) is 28.9 Å². The number of rotatable bonds is 3. The van der Waals surface area contributed by atoms with Gasteiger partial charge in [-0.15, -0.1) is 0 Å². The number of fused-ring (bicyclic) bond motifs is 1. The van der Waals surface area contributed by atoms with Crippen LogP contribution < -0.4 is 10.2 Å². The first-order valence-electron chi connectivity index (χ1n) is 9.93. The summed E-state index contributed by atoms with van der Waals surface area (Å²) in [5, 5.41) is 3.13. The Morgan fingerprint density at radius 2 is 1.84 bits per heavy atom. The van der Waals surface area contributed by atoms with E-state index < -0.39 is 17.8 Å². The van der Waals surface area contributed by atoms with Gasteiger partial charge in [0.25, 0.3) is 5.91 Å². The highest BCUT2D eigenvalue weighted by atomic mass is 35.5. The summed E-state index contributed by atoms with van der Waals surface area (Å²) in [6.07, 6.45) is 3.52. The maximum Gasteiger partial charge on any atom is 0.329 e. The molecular formula is C24H23ClFN3O2. The molecule has 0 radical (unpaired) electrons. The van der Waals surface area contributed by atoms with E-state index in [1.54, 1.807) is 30.3 Å². The average molecular weight is 440 g/mol. The fraction of sp³-hybridized carbons (Fsp3) is 0.250. The average Bonchev–Trinajstić information content (AvgIpc) is 2.96. The fourth-order valence-electron chi connectivity index (χ4n) is 3.94. The molecule has 2 aliphatic heterocycles. The number of likely N-dealkylation sites (N-methyl/N-ethyl adjacent to an activating group) is 1. The minimum atomic E-state index is -0.540. The van der Waals surface area contributed by atoms with E-state index in [0.29, 0.717) is 5.02 Å². The molecule has 0 atom stereocenters. The Bertz CT molecular complexity index is 1150. The van der Waals surface area contributed by atoms with Gasteiger partial charge in [-0.3, -0.25) is 9.69 Å². The van der Waals surface area contributed by atoms with E-state index in [9.17, 15) is 14.0 Å². The maximum atomic E-state index is 14.9. The lowest BCUT2D eigenvalue weighted by molar-refractivity contribution is -0.123. The molecule has 7 heteroatoms. The van der Waals surface area contributed by atoms with Crippen LogP contribution in [0.2, 0.25) is 5.02 Å². The monoisotopic (exact) mass is 439 g/mol. The molecule has 2 aromatic rings. The van der Waals surface area contributed by atoms with Gasteiger partial charge in [0.2, 0.25) is 0 Å². The van der Waals surface area contributed by atoms with Crippen LogP contribution in [0.3, 0.4) is 0 Å². The molecule has 5 nitrogen and oxygen atoms in total. The molecule has 3 amide bonds. The third-order valence-corrected chi connectivity index (χ3v) is 6.10. The standard InChI is InChI=1S/C24H23ClFN3O2/c1-14-12-24(2,3)28(4)21-11-19(26)16(9-18(14)21)10-20-22(30)29(23(31)27-20)13-15-5-7-17(25)8-6-15/h5-12H,13H2,1-4H3,(H,27,31)/b20-10+. The number of nitrogens with zero attached hydrogens (tertiary/aromatic N) is 2. The summed E-state index contributed by atoms with van der Waals surface area (Å²) in [5.41, 5.74) is 3.53. The number of benzene rings is 2. The fourth-order valence-corrected chi connectivity index (χ4v) is 4.07. The quantitative estimate of drug-likeness (QED) is 0.528. The SMILES string of the molecule is CC1=CC(C)(C)N(C)c2cc(F)c(/C=C3/NC(=O)N(Cc4ccc(Cl)cc4)C3=O)cc21. The summed E-state index contributed by atoms with van der Waals surface area (Å²) in [4.78, 5) is 28.3. The van der Waals surface area contributed by atoms with Crippen molar-refractivity contribution in [2.75, 3.05) is 11.9 Å². The number of amides is 3. The van der Waals surface area contributed by atoms with Crippen LogP contribution in [0, 0.1) is 5.82 Å². The number of carbonyl (C=O) groups excluding carboxylic acids is 2. The Morgan fingerprint density at radius 3 is 2.52 bits per heavy atom. The van der Waals surface area contributed by atoms with E-state index in [1.165, 1.54) is 12.1 Å². The zero-order valence-corrected chi connectivity index (χ0v) is 18.5. The van der Waals surface area contributed by atoms with Crippen LogP contribution in [0.5, 0.6) is 0 Å². The lowest BCUT2D eigenvalue weighted by Crippen LogP contribution is -2.42. The van der Waals surface area contributed by atoms with E-state index in [0.717, 1.165) is 27.3 Å². The molecule has 0 spiro atoms. The van der Waals surface area contributed by atoms with Crippen molar-refractivity contribution in [1.29, 1.82) is 0 Å². The minimum Gasteiger partial charge on any atom is -0.365 e. The first kappa shape index (κ1) is 21.1. The summed E-state index contributed by atoms with van der Waals surface area (Å²) in [7, 11) is 1.93. The van der Waals surface area contributed by atoms with Gasteiger partial charge in [-0.1, -0.05) is 29.8 Å². The largest absolute Gasteiger partial charge is 0.365 e. The molecule has 4 rings (SSSR count). The van der Waals surface area contributed by atoms with E-state index in [-0.39, 0.29) is 23.3 Å². The van der Waals surface area contributed by atoms with Crippen molar-refractivity contribution in [2.45, 2.75) is 32.9 Å². The molecule has 1 fully saturated rings. The smallest absolute Gasteiger partial charge is 0.329 e. The summed E-state index contributed by atoms with van der Waals surface area (Å²) in [6, 6.07) is 9.55. The van der Waals surface area contributed by atoms with Crippen molar-refractivity contribution in [1.82, 2.24) is 10.2 Å². The summed E-state index contributed by atoms with van der Waals surface area (Å²) < 4.78 is 14.9. The van der Waals surface area contributed by atoms with Gasteiger partial charge >= 0.3 is 6.03 Å². The number of allylic oxidation sites excluding steroid dienone is 1. The molecule has 0 aromatic heterocycles. The van der Waals surface area contributed by atoms with E-state index in [1.807, 2.05) is 18.9 Å². The van der Waals surface area contributed by atoms with Crippen molar-refractivity contribution in [3.05, 3.63) is 75.7 Å². The number of nitrogens with one attached hydrogen (secondary N) is 1. The number of hydrogen-bond acceptors (Lipinski definition) is 3. The molecule has 1 saturated heterocycles. The zero-order chi connectivity index (χ0) is 22.5. The van der Waals surface area contributed by atoms with Crippen molar-refractivity contribution in [2.24, 2.45) is 0 Å². The van der Waals surface area contributed by atoms with Gasteiger partial charge in [-0.2, -0.15) is 0 Å². The Hall–Kier alpha value is -3.12. The van der Waals surface area contributed by atoms with Crippen molar-refractivity contribution in [3.8, 4) is 0 Å². The highest BCUT2D eigenvalue weighted by Crippen LogP contribution is 2.39. The van der Waals surface area contributed by atoms with E-state index in [2.05, 4.69) is 25.2 Å². The van der Waals surface area contributed by atoms with Crippen molar-refractivity contribution in [3.63, 3.8) is 0 Å². The van der Waals surface area contributed by atoms with E-state index >= 15 is 0 Å². The van der Waals surface area contributed by atoms with E-state index in [4.69, 9.17) is 11.6 Å². The Labute approximate surface area is 185 Å². The lowest BCUT2D eigenvalue weighted by atomic mass is 9.88. The number of hydrogen-bond donors (Lipinski definition) is 1. The van der Waals surface area contributed by atoms with Gasteiger partial charge < -0.3 is 10.2 Å². The number of urea groups is 1. The van der Waals surface area contributed by atoms with Gasteiger partial charge in [-0.25, -0.2) is 9.18 Å². The third-order valence-electron chi connectivity index (χ3n) is 5.85. The third kappa shape index (κ3) is 3.83. The van der Waals surface area contributed by atoms with Gasteiger partial charge in [0.1, 0.15) is 11.5 Å². The topological polar surface area (TPSA) is 52.7 Å². The molecule has 2 aromatic carbocycles. The molecule has 0 unspecified atom stereocenters. The first-order chi connectivity index (χ1) is 14.6. The molecule has 1 N–H and O–H groups in total. The molecule has 2 heterocycles.